The quantitative estimate of drug-likeness (QED) is 0.231. The first kappa shape index (κ1) is 26.9. The summed E-state index contributed by atoms with van der Waals surface area (Å²) in [6.45, 7) is 2.33. The summed E-state index contributed by atoms with van der Waals surface area (Å²) in [6.07, 6.45) is 5.28. The number of benzene rings is 4. The molecule has 0 bridgehead atoms. The number of rotatable bonds is 5. The van der Waals surface area contributed by atoms with E-state index in [0.717, 1.165) is 36.5 Å². The van der Waals surface area contributed by atoms with Gasteiger partial charge in [0.2, 0.25) is 5.43 Å². The van der Waals surface area contributed by atoms with Gasteiger partial charge in [-0.2, -0.15) is 0 Å². The zero-order valence-corrected chi connectivity index (χ0v) is 24.3. The predicted octanol–water partition coefficient (Wildman–Crippen LogP) is 6.46. The zero-order valence-electron chi connectivity index (χ0n) is 24.3. The molecule has 0 spiro atoms. The SMILES string of the molecule is O=C(c1cn2c3c(c(N4CCC[C@H]4CCc4ccccc4)c(F)cc3c1=O)Oc1cc3ccccc3cc1-2)N1CCOCC1. The van der Waals surface area contributed by atoms with Crippen LogP contribution in [0.2, 0.25) is 0 Å². The normalized spacial score (nSPS) is 17.6. The Kier molecular flexibility index (Phi) is 6.60. The highest BCUT2D eigenvalue weighted by Crippen LogP contribution is 2.49. The largest absolute Gasteiger partial charge is 0.451 e. The number of carbonyl (C=O) groups excluding carboxylic acids is 1. The molecular formula is C36H32FN3O4. The van der Waals surface area contributed by atoms with Crippen LogP contribution in [0.15, 0.2) is 83.8 Å². The van der Waals surface area contributed by atoms with E-state index in [9.17, 15) is 9.59 Å². The molecule has 0 radical (unpaired) electrons. The number of fused-ring (bicyclic) bond motifs is 3. The average Bonchev–Trinajstić information content (AvgIpc) is 3.52. The van der Waals surface area contributed by atoms with Gasteiger partial charge in [-0.1, -0.05) is 54.6 Å². The van der Waals surface area contributed by atoms with Gasteiger partial charge in [-0.05, 0) is 60.2 Å². The van der Waals surface area contributed by atoms with E-state index in [1.54, 1.807) is 11.1 Å². The molecule has 222 valence electrons. The molecule has 8 rings (SSSR count). The predicted molar refractivity (Wildman–Crippen MR) is 169 cm³/mol. The van der Waals surface area contributed by atoms with E-state index < -0.39 is 11.2 Å². The average molecular weight is 590 g/mol. The monoisotopic (exact) mass is 589 g/mol. The molecular weight excluding hydrogens is 557 g/mol. The molecule has 4 aromatic carbocycles. The van der Waals surface area contributed by atoms with E-state index >= 15 is 4.39 Å². The van der Waals surface area contributed by atoms with Crippen LogP contribution in [0, 0.1) is 5.82 Å². The molecule has 7 nitrogen and oxygen atoms in total. The van der Waals surface area contributed by atoms with Gasteiger partial charge in [0, 0.05) is 31.9 Å². The lowest BCUT2D eigenvalue weighted by Crippen LogP contribution is -2.42. The maximum Gasteiger partial charge on any atom is 0.259 e. The second-order valence-corrected chi connectivity index (χ2v) is 11.9. The molecule has 4 heterocycles. The van der Waals surface area contributed by atoms with Crippen molar-refractivity contribution in [1.82, 2.24) is 9.47 Å². The molecule has 3 aliphatic rings. The number of hydrogen-bond acceptors (Lipinski definition) is 5. The lowest BCUT2D eigenvalue weighted by Gasteiger charge is -2.33. The second kappa shape index (κ2) is 10.8. The molecule has 2 fully saturated rings. The first-order valence-corrected chi connectivity index (χ1v) is 15.4. The van der Waals surface area contributed by atoms with Crippen LogP contribution < -0.4 is 15.1 Å². The van der Waals surface area contributed by atoms with Gasteiger partial charge in [0.05, 0.1) is 24.3 Å². The number of ether oxygens (including phenoxy) is 2. The third-order valence-corrected chi connectivity index (χ3v) is 9.27. The van der Waals surface area contributed by atoms with Crippen LogP contribution in [0.4, 0.5) is 10.1 Å². The molecule has 44 heavy (non-hydrogen) atoms. The van der Waals surface area contributed by atoms with E-state index in [0.29, 0.717) is 61.2 Å². The number of carbonyl (C=O) groups is 1. The molecule has 8 heteroatoms. The summed E-state index contributed by atoms with van der Waals surface area (Å²) in [7, 11) is 0. The molecule has 0 N–H and O–H groups in total. The Labute approximate surface area is 254 Å². The molecule has 1 aromatic heterocycles. The minimum absolute atomic E-state index is 0.0143. The van der Waals surface area contributed by atoms with Crippen molar-refractivity contribution in [3.05, 3.63) is 106 Å². The number of aryl methyl sites for hydroxylation is 1. The maximum atomic E-state index is 16.4. The summed E-state index contributed by atoms with van der Waals surface area (Å²) >= 11 is 0. The molecule has 1 amide bonds. The Bertz CT molecular complexity index is 1980. The number of hydrogen-bond donors (Lipinski definition) is 0. The third-order valence-electron chi connectivity index (χ3n) is 9.27. The fourth-order valence-corrected chi connectivity index (χ4v) is 7.05. The van der Waals surface area contributed by atoms with Crippen LogP contribution >= 0.6 is 0 Å². The minimum Gasteiger partial charge on any atom is -0.451 e. The van der Waals surface area contributed by atoms with Crippen molar-refractivity contribution in [2.24, 2.45) is 0 Å². The highest BCUT2D eigenvalue weighted by atomic mass is 19.1. The number of nitrogens with zero attached hydrogens (tertiary/aromatic N) is 3. The number of morpholine rings is 1. The Morgan fingerprint density at radius 2 is 1.68 bits per heavy atom. The van der Waals surface area contributed by atoms with Gasteiger partial charge < -0.3 is 23.8 Å². The summed E-state index contributed by atoms with van der Waals surface area (Å²) in [6, 6.07) is 23.7. The Morgan fingerprint density at radius 3 is 2.48 bits per heavy atom. The summed E-state index contributed by atoms with van der Waals surface area (Å²) in [5.74, 6) is 0.00183. The van der Waals surface area contributed by atoms with Gasteiger partial charge in [0.15, 0.2) is 17.3 Å². The van der Waals surface area contributed by atoms with Crippen molar-refractivity contribution >= 4 is 33.3 Å². The zero-order chi connectivity index (χ0) is 29.8. The van der Waals surface area contributed by atoms with E-state index in [1.807, 2.05) is 59.2 Å². The molecule has 0 saturated carbocycles. The highest BCUT2D eigenvalue weighted by Gasteiger charge is 2.35. The van der Waals surface area contributed by atoms with E-state index in [-0.39, 0.29) is 22.9 Å². The fraction of sp³-hybridized carbons (Fsp3) is 0.278. The number of amides is 1. The van der Waals surface area contributed by atoms with Crippen molar-refractivity contribution in [2.45, 2.75) is 31.7 Å². The standard InChI is InChI=1S/C36H32FN3O4/c37-29-21-27-32-35(33(29)39-14-6-11-26(39)13-12-23-7-2-1-3-8-23)44-31-20-25-10-5-4-9-24(25)19-30(31)40(32)22-28(34(27)41)36(42)38-15-17-43-18-16-38/h1-5,7-10,19-22,26H,6,11-18H2/t26-/m0/s1. The smallest absolute Gasteiger partial charge is 0.259 e. The van der Waals surface area contributed by atoms with Crippen molar-refractivity contribution in [3.8, 4) is 17.2 Å². The van der Waals surface area contributed by atoms with Gasteiger partial charge >= 0.3 is 0 Å². The third kappa shape index (κ3) is 4.44. The minimum atomic E-state index is -0.511. The fourth-order valence-electron chi connectivity index (χ4n) is 7.05. The Morgan fingerprint density at radius 1 is 0.932 bits per heavy atom. The number of halogens is 1. The van der Waals surface area contributed by atoms with Gasteiger partial charge in [-0.15, -0.1) is 0 Å². The first-order chi connectivity index (χ1) is 21.6. The topological polar surface area (TPSA) is 64.0 Å². The molecule has 3 aliphatic heterocycles. The van der Waals surface area contributed by atoms with Crippen LogP contribution in [0.25, 0.3) is 27.4 Å². The van der Waals surface area contributed by atoms with Crippen LogP contribution in [0.1, 0.15) is 35.2 Å². The van der Waals surface area contributed by atoms with Gasteiger partial charge in [0.1, 0.15) is 16.8 Å². The van der Waals surface area contributed by atoms with Crippen LogP contribution in [0.3, 0.4) is 0 Å². The van der Waals surface area contributed by atoms with Crippen LogP contribution in [-0.4, -0.2) is 54.3 Å². The maximum absolute atomic E-state index is 16.4. The van der Waals surface area contributed by atoms with Gasteiger partial charge in [-0.25, -0.2) is 4.39 Å². The highest BCUT2D eigenvalue weighted by molar-refractivity contribution is 6.02. The number of aromatic nitrogens is 1. The van der Waals surface area contributed by atoms with Crippen LogP contribution in [-0.2, 0) is 11.2 Å². The summed E-state index contributed by atoms with van der Waals surface area (Å²) in [5.41, 5.74) is 2.35. The van der Waals surface area contributed by atoms with E-state index in [2.05, 4.69) is 17.0 Å². The van der Waals surface area contributed by atoms with Crippen molar-refractivity contribution in [3.63, 3.8) is 0 Å². The Hall–Kier alpha value is -4.69. The lowest BCUT2D eigenvalue weighted by molar-refractivity contribution is 0.0302. The first-order valence-electron chi connectivity index (χ1n) is 15.4. The molecule has 0 unspecified atom stereocenters. The molecule has 0 aliphatic carbocycles. The number of pyridine rings is 1. The van der Waals surface area contributed by atoms with Crippen LogP contribution in [0.5, 0.6) is 11.5 Å². The molecule has 1 atom stereocenters. The summed E-state index contributed by atoms with van der Waals surface area (Å²) in [5, 5.41) is 2.12. The van der Waals surface area contributed by atoms with Gasteiger partial charge in [-0.3, -0.25) is 9.59 Å². The van der Waals surface area contributed by atoms with Crippen molar-refractivity contribution in [2.75, 3.05) is 37.7 Å². The Balaban J connectivity index is 1.31. The van der Waals surface area contributed by atoms with Gasteiger partial charge in [0.25, 0.3) is 5.91 Å². The van der Waals surface area contributed by atoms with E-state index in [1.165, 1.54) is 11.6 Å². The molecule has 5 aromatic rings. The van der Waals surface area contributed by atoms with E-state index in [4.69, 9.17) is 9.47 Å². The second-order valence-electron chi connectivity index (χ2n) is 11.9. The summed E-state index contributed by atoms with van der Waals surface area (Å²) in [4.78, 5) is 31.4. The summed E-state index contributed by atoms with van der Waals surface area (Å²) < 4.78 is 30.3. The van der Waals surface area contributed by atoms with Crippen molar-refractivity contribution in [1.29, 1.82) is 0 Å². The molecule has 2 saturated heterocycles. The number of anilines is 1. The lowest BCUT2D eigenvalue weighted by atomic mass is 10.0. The van der Waals surface area contributed by atoms with Crippen molar-refractivity contribution < 1.29 is 18.7 Å².